The highest BCUT2D eigenvalue weighted by molar-refractivity contribution is 5.93. The number of methoxy groups -OCH3 is 1. The van der Waals surface area contributed by atoms with Gasteiger partial charge in [0.15, 0.2) is 25.0 Å². The van der Waals surface area contributed by atoms with Gasteiger partial charge in [0.05, 0.1) is 13.7 Å². The van der Waals surface area contributed by atoms with Crippen LogP contribution in [-0.4, -0.2) is 54.6 Å². The molecule has 144 valence electrons. The molecule has 0 fully saturated rings. The van der Waals surface area contributed by atoms with Crippen molar-refractivity contribution in [2.75, 3.05) is 20.3 Å². The van der Waals surface area contributed by atoms with Crippen LogP contribution in [0.5, 0.6) is 0 Å². The SMILES string of the molecule is C#C[C@@H](NC(=O)OC[n+]1cccc(C(=O)NCCO[N+](=O)O)c1)C(=O)OC. The second kappa shape index (κ2) is 10.9. The predicted octanol–water partition coefficient (Wildman–Crippen LogP) is -1.34. The summed E-state index contributed by atoms with van der Waals surface area (Å²) < 4.78 is 10.7. The average Bonchev–Trinajstić information content (AvgIpc) is 2.67. The number of nitrogens with zero attached hydrogens (tertiary/aromatic N) is 2. The zero-order valence-corrected chi connectivity index (χ0v) is 14.3. The van der Waals surface area contributed by atoms with E-state index in [4.69, 9.17) is 16.4 Å². The van der Waals surface area contributed by atoms with Crippen LogP contribution in [0.25, 0.3) is 0 Å². The Labute approximate surface area is 153 Å². The van der Waals surface area contributed by atoms with Crippen LogP contribution in [0.15, 0.2) is 24.5 Å². The highest BCUT2D eigenvalue weighted by Gasteiger charge is 2.20. The number of alkyl carbamates (subject to hydrolysis) is 1. The van der Waals surface area contributed by atoms with E-state index in [0.29, 0.717) is 0 Å². The topological polar surface area (TPSA) is 147 Å². The quantitative estimate of drug-likeness (QED) is 0.156. The third kappa shape index (κ3) is 7.69. The summed E-state index contributed by atoms with van der Waals surface area (Å²) in [6.45, 7) is -0.504. The molecule has 0 aromatic carbocycles. The molecule has 1 heterocycles. The Balaban J connectivity index is 2.53. The molecule has 27 heavy (non-hydrogen) atoms. The summed E-state index contributed by atoms with van der Waals surface area (Å²) in [7, 11) is 1.12. The van der Waals surface area contributed by atoms with Crippen molar-refractivity contribution >= 4 is 18.0 Å². The number of rotatable bonds is 9. The Morgan fingerprint density at radius 3 is 2.81 bits per heavy atom. The van der Waals surface area contributed by atoms with Crippen molar-refractivity contribution in [3.8, 4) is 12.3 Å². The van der Waals surface area contributed by atoms with E-state index in [1.165, 1.54) is 23.0 Å². The van der Waals surface area contributed by atoms with Crippen LogP contribution >= 0.6 is 0 Å². The standard InChI is InChI=1S/C15H16N4O8/c1-3-12(14(21)25-2)17-15(22)26-10-18-7-4-5-11(9-18)13(20)16-6-8-27-19(23)24/h1,4-5,7,9,12H,6,8,10H2,2H3,(H-2,16,17,20,22,23,24)/p+2/t12-/m1/s1. The molecule has 0 radical (unpaired) electrons. The van der Waals surface area contributed by atoms with Gasteiger partial charge in [-0.2, -0.15) is 9.40 Å². The molecule has 0 saturated heterocycles. The maximum absolute atomic E-state index is 11.9. The fourth-order valence-corrected chi connectivity index (χ4v) is 1.71. The third-order valence-electron chi connectivity index (χ3n) is 2.92. The average molecular weight is 382 g/mol. The smallest absolute Gasteiger partial charge is 0.467 e. The second-order valence-electron chi connectivity index (χ2n) is 4.76. The highest BCUT2D eigenvalue weighted by atomic mass is 16.9. The molecule has 0 unspecified atom stereocenters. The van der Waals surface area contributed by atoms with E-state index in [1.54, 1.807) is 6.07 Å². The molecule has 3 N–H and O–H groups in total. The molecule has 1 atom stereocenters. The van der Waals surface area contributed by atoms with Crippen LogP contribution in [0.3, 0.4) is 0 Å². The summed E-state index contributed by atoms with van der Waals surface area (Å²) >= 11 is 0. The number of ether oxygens (including phenoxy) is 2. The minimum absolute atomic E-state index is 0.0209. The van der Waals surface area contributed by atoms with Gasteiger partial charge in [-0.3, -0.25) is 10.1 Å². The molecule has 12 nitrogen and oxygen atoms in total. The molecule has 1 aromatic rings. The lowest BCUT2D eigenvalue weighted by atomic mass is 10.2. The number of hydrogen-bond acceptors (Lipinski definition) is 7. The number of esters is 1. The van der Waals surface area contributed by atoms with E-state index < -0.39 is 29.1 Å². The fourth-order valence-electron chi connectivity index (χ4n) is 1.71. The van der Waals surface area contributed by atoms with Crippen molar-refractivity contribution in [2.45, 2.75) is 12.8 Å². The molecule has 0 saturated carbocycles. The van der Waals surface area contributed by atoms with E-state index in [-0.39, 0.29) is 25.4 Å². The van der Waals surface area contributed by atoms with E-state index in [1.807, 2.05) is 5.92 Å². The summed E-state index contributed by atoms with van der Waals surface area (Å²) in [5, 5.41) is 12.1. The lowest BCUT2D eigenvalue weighted by molar-refractivity contribution is -0.975. The van der Waals surface area contributed by atoms with Gasteiger partial charge in [0, 0.05) is 6.07 Å². The molecule has 2 amide bonds. The summed E-state index contributed by atoms with van der Waals surface area (Å²) in [6, 6.07) is 1.76. The first kappa shape index (κ1) is 21.2. The molecule has 0 aliphatic rings. The maximum atomic E-state index is 11.9. The van der Waals surface area contributed by atoms with E-state index in [9.17, 15) is 19.3 Å². The first-order valence-corrected chi connectivity index (χ1v) is 7.41. The third-order valence-corrected chi connectivity index (χ3v) is 2.92. The summed E-state index contributed by atoms with van der Waals surface area (Å²) in [5.41, 5.74) is 0.237. The molecule has 0 aliphatic heterocycles. The Morgan fingerprint density at radius 1 is 1.44 bits per heavy atom. The monoisotopic (exact) mass is 382 g/mol. The minimum atomic E-state index is -1.28. The Kier molecular flexibility index (Phi) is 8.52. The van der Waals surface area contributed by atoms with Gasteiger partial charge in [-0.05, 0) is 6.07 Å². The molecule has 0 bridgehead atoms. The summed E-state index contributed by atoms with van der Waals surface area (Å²) in [5.74, 6) is 0.748. The lowest BCUT2D eigenvalue weighted by Crippen LogP contribution is -2.44. The number of nitrogens with one attached hydrogen (secondary N) is 2. The number of hydrogen-bond donors (Lipinski definition) is 3. The van der Waals surface area contributed by atoms with Crippen molar-refractivity contribution in [1.29, 1.82) is 0 Å². The van der Waals surface area contributed by atoms with Gasteiger partial charge in [0.25, 0.3) is 12.6 Å². The fraction of sp³-hybridized carbons (Fsp3) is 0.333. The number of aromatic nitrogens is 1. The van der Waals surface area contributed by atoms with Gasteiger partial charge < -0.3 is 14.8 Å². The van der Waals surface area contributed by atoms with E-state index >= 15 is 0 Å². The van der Waals surface area contributed by atoms with Crippen LogP contribution in [0.1, 0.15) is 10.4 Å². The van der Waals surface area contributed by atoms with Gasteiger partial charge in [-0.25, -0.2) is 14.8 Å². The van der Waals surface area contributed by atoms with Crippen molar-refractivity contribution in [3.63, 3.8) is 0 Å². The van der Waals surface area contributed by atoms with Gasteiger partial charge >= 0.3 is 17.1 Å². The van der Waals surface area contributed by atoms with Gasteiger partial charge in [0.1, 0.15) is 10.5 Å². The molecule has 1 rings (SSSR count). The second-order valence-corrected chi connectivity index (χ2v) is 4.76. The molecule has 0 spiro atoms. The molecule has 1 aromatic heterocycles. The van der Waals surface area contributed by atoms with Crippen LogP contribution in [0.4, 0.5) is 4.79 Å². The van der Waals surface area contributed by atoms with Gasteiger partial charge in [-0.15, -0.1) is 6.42 Å². The van der Waals surface area contributed by atoms with Crippen LogP contribution in [0, 0.1) is 17.3 Å². The van der Waals surface area contributed by atoms with Crippen LogP contribution in [-0.2, 0) is 25.8 Å². The first-order chi connectivity index (χ1) is 12.9. The van der Waals surface area contributed by atoms with Crippen molar-refractivity contribution in [2.24, 2.45) is 0 Å². The zero-order valence-electron chi connectivity index (χ0n) is 14.3. The predicted molar refractivity (Wildman–Crippen MR) is 84.6 cm³/mol. The Morgan fingerprint density at radius 2 is 2.19 bits per heavy atom. The number of carbonyl (C=O) groups is 3. The zero-order chi connectivity index (χ0) is 20.2. The van der Waals surface area contributed by atoms with Crippen molar-refractivity contribution in [1.82, 2.24) is 10.6 Å². The summed E-state index contributed by atoms with van der Waals surface area (Å²) in [6.07, 6.45) is 7.09. The van der Waals surface area contributed by atoms with Gasteiger partial charge in [0.2, 0.25) is 0 Å². The molecule has 0 aliphatic carbocycles. The highest BCUT2D eigenvalue weighted by Crippen LogP contribution is 1.95. The van der Waals surface area contributed by atoms with Crippen molar-refractivity contribution in [3.05, 3.63) is 35.0 Å². The summed E-state index contributed by atoms with van der Waals surface area (Å²) in [4.78, 5) is 49.2. The maximum Gasteiger partial charge on any atom is 0.475 e. The van der Waals surface area contributed by atoms with Gasteiger partial charge in [-0.1, -0.05) is 5.92 Å². The normalized spacial score (nSPS) is 10.7. The number of pyridine rings is 1. The molecule has 12 heteroatoms. The van der Waals surface area contributed by atoms with E-state index in [0.717, 1.165) is 7.11 Å². The van der Waals surface area contributed by atoms with Crippen LogP contribution in [0.2, 0.25) is 0 Å². The number of amides is 2. The van der Waals surface area contributed by atoms with E-state index in [2.05, 4.69) is 20.2 Å². The first-order valence-electron chi connectivity index (χ1n) is 7.41. The Bertz CT molecular complexity index is 746. The van der Waals surface area contributed by atoms with Crippen LogP contribution < -0.4 is 15.2 Å². The largest absolute Gasteiger partial charge is 0.475 e. The van der Waals surface area contributed by atoms with Crippen molar-refractivity contribution < 1.29 is 43.6 Å². The lowest BCUT2D eigenvalue weighted by Gasteiger charge is -2.10. The molecular weight excluding hydrogens is 364 g/mol. The molecular formula is C15H18N4O8+2. The number of terminal acetylenes is 1. The Hall–Kier alpha value is -3.88. The minimum Gasteiger partial charge on any atom is -0.467 e. The number of carbonyl (C=O) groups excluding carboxylic acids is 3.